The first-order chi connectivity index (χ1) is 8.94. The van der Waals surface area contributed by atoms with Crippen molar-refractivity contribution in [1.29, 1.82) is 0 Å². The molecule has 0 aliphatic carbocycles. The normalized spacial score (nSPS) is 11.6. The van der Waals surface area contributed by atoms with Gasteiger partial charge in [0.15, 0.2) is 0 Å². The van der Waals surface area contributed by atoms with Crippen LogP contribution in [0.3, 0.4) is 0 Å². The third-order valence-electron chi connectivity index (χ3n) is 3.44. The van der Waals surface area contributed by atoms with Crippen LogP contribution in [0.1, 0.15) is 38.9 Å². The Labute approximate surface area is 115 Å². The number of aromatic nitrogens is 2. The number of nitrogens with zero attached hydrogens (tertiary/aromatic N) is 2. The van der Waals surface area contributed by atoms with Crippen molar-refractivity contribution in [2.24, 2.45) is 18.2 Å². The summed E-state index contributed by atoms with van der Waals surface area (Å²) in [4.78, 5) is 16.0. The molecule has 3 N–H and O–H groups in total. The average molecular weight is 266 g/mol. The summed E-state index contributed by atoms with van der Waals surface area (Å²) < 4.78 is 1.97. The van der Waals surface area contributed by atoms with E-state index >= 15 is 0 Å². The van der Waals surface area contributed by atoms with E-state index in [9.17, 15) is 4.79 Å². The minimum atomic E-state index is 0.110. The summed E-state index contributed by atoms with van der Waals surface area (Å²) >= 11 is 0. The lowest BCUT2D eigenvalue weighted by Crippen LogP contribution is -2.28. The fourth-order valence-electron chi connectivity index (χ4n) is 2.01. The molecule has 108 valence electrons. The number of rotatable bonds is 8. The Kier molecular flexibility index (Phi) is 6.02. The van der Waals surface area contributed by atoms with Crippen molar-refractivity contribution >= 4 is 5.91 Å². The number of nitrogens with one attached hydrogen (secondary N) is 1. The van der Waals surface area contributed by atoms with Gasteiger partial charge in [0.1, 0.15) is 5.82 Å². The van der Waals surface area contributed by atoms with E-state index < -0.39 is 0 Å². The van der Waals surface area contributed by atoms with Crippen molar-refractivity contribution < 1.29 is 4.79 Å². The monoisotopic (exact) mass is 266 g/mol. The molecule has 0 saturated heterocycles. The van der Waals surface area contributed by atoms with E-state index in [2.05, 4.69) is 24.1 Å². The highest BCUT2D eigenvalue weighted by Gasteiger charge is 2.18. The van der Waals surface area contributed by atoms with Crippen LogP contribution in [0.5, 0.6) is 0 Å². The lowest BCUT2D eigenvalue weighted by atomic mass is 9.84. The zero-order chi connectivity index (χ0) is 14.3. The predicted molar refractivity (Wildman–Crippen MR) is 76.6 cm³/mol. The SMILES string of the molecule is Cn1ccnc1CCNC(=O)CCC(C)(C)CCN. The molecule has 1 rings (SSSR count). The Bertz CT molecular complexity index is 398. The van der Waals surface area contributed by atoms with Gasteiger partial charge in [-0.15, -0.1) is 0 Å². The molecule has 0 fully saturated rings. The number of imidazole rings is 1. The maximum absolute atomic E-state index is 11.7. The van der Waals surface area contributed by atoms with Gasteiger partial charge < -0.3 is 15.6 Å². The van der Waals surface area contributed by atoms with Gasteiger partial charge in [-0.05, 0) is 24.8 Å². The van der Waals surface area contributed by atoms with Gasteiger partial charge in [-0.3, -0.25) is 4.79 Å². The van der Waals surface area contributed by atoms with E-state index in [-0.39, 0.29) is 11.3 Å². The quantitative estimate of drug-likeness (QED) is 0.743. The molecule has 0 radical (unpaired) electrons. The second-order valence-electron chi connectivity index (χ2n) is 5.76. The summed E-state index contributed by atoms with van der Waals surface area (Å²) in [6.45, 7) is 5.62. The smallest absolute Gasteiger partial charge is 0.220 e. The number of aryl methyl sites for hydroxylation is 1. The van der Waals surface area contributed by atoms with E-state index in [0.717, 1.165) is 25.1 Å². The molecule has 0 saturated carbocycles. The number of hydrogen-bond donors (Lipinski definition) is 2. The first kappa shape index (κ1) is 15.7. The number of carbonyl (C=O) groups excluding carboxylic acids is 1. The van der Waals surface area contributed by atoms with Crippen LogP contribution in [0, 0.1) is 5.41 Å². The van der Waals surface area contributed by atoms with Crippen molar-refractivity contribution in [3.63, 3.8) is 0 Å². The molecule has 1 aromatic rings. The summed E-state index contributed by atoms with van der Waals surface area (Å²) in [5, 5.41) is 2.94. The van der Waals surface area contributed by atoms with Crippen molar-refractivity contribution in [3.05, 3.63) is 18.2 Å². The second kappa shape index (κ2) is 7.28. The number of amides is 1. The summed E-state index contributed by atoms with van der Waals surface area (Å²) in [7, 11) is 1.96. The second-order valence-corrected chi connectivity index (χ2v) is 5.76. The van der Waals surface area contributed by atoms with Crippen molar-refractivity contribution in [2.75, 3.05) is 13.1 Å². The van der Waals surface area contributed by atoms with Gasteiger partial charge in [-0.2, -0.15) is 0 Å². The molecule has 1 amide bonds. The molecule has 19 heavy (non-hydrogen) atoms. The van der Waals surface area contributed by atoms with Crippen molar-refractivity contribution in [1.82, 2.24) is 14.9 Å². The van der Waals surface area contributed by atoms with E-state index in [1.165, 1.54) is 0 Å². The highest BCUT2D eigenvalue weighted by atomic mass is 16.1. The predicted octanol–water partition coefficient (Wildman–Crippen LogP) is 1.23. The van der Waals surface area contributed by atoms with Crippen LogP contribution in [-0.2, 0) is 18.3 Å². The van der Waals surface area contributed by atoms with Gasteiger partial charge in [0.05, 0.1) is 0 Å². The molecule has 0 aromatic carbocycles. The molecule has 0 aliphatic heterocycles. The molecule has 1 aromatic heterocycles. The molecular weight excluding hydrogens is 240 g/mol. The minimum Gasteiger partial charge on any atom is -0.356 e. The fraction of sp³-hybridized carbons (Fsp3) is 0.714. The van der Waals surface area contributed by atoms with Gasteiger partial charge >= 0.3 is 0 Å². The Morgan fingerprint density at radius 2 is 2.21 bits per heavy atom. The fourth-order valence-corrected chi connectivity index (χ4v) is 2.01. The average Bonchev–Trinajstić information content (AvgIpc) is 2.73. The third kappa shape index (κ3) is 5.87. The highest BCUT2D eigenvalue weighted by molar-refractivity contribution is 5.75. The Hall–Kier alpha value is -1.36. The van der Waals surface area contributed by atoms with Gasteiger partial charge in [0.2, 0.25) is 5.91 Å². The van der Waals surface area contributed by atoms with Gasteiger partial charge in [-0.1, -0.05) is 13.8 Å². The van der Waals surface area contributed by atoms with Crippen molar-refractivity contribution in [2.45, 2.75) is 39.5 Å². The molecule has 0 unspecified atom stereocenters. The topological polar surface area (TPSA) is 72.9 Å². The molecule has 0 bridgehead atoms. The molecule has 1 heterocycles. The molecule has 5 nitrogen and oxygen atoms in total. The standard InChI is InChI=1S/C14H26N4O/c1-14(2,7-8-15)6-4-13(19)17-9-5-12-16-10-11-18(12)3/h10-11H,4-9,15H2,1-3H3,(H,17,19). The van der Waals surface area contributed by atoms with Crippen LogP contribution in [0.15, 0.2) is 12.4 Å². The van der Waals surface area contributed by atoms with Crippen LogP contribution >= 0.6 is 0 Å². The van der Waals surface area contributed by atoms with Gasteiger partial charge in [0.25, 0.3) is 0 Å². The molecule has 0 spiro atoms. The minimum absolute atomic E-state index is 0.110. The maximum Gasteiger partial charge on any atom is 0.220 e. The highest BCUT2D eigenvalue weighted by Crippen LogP contribution is 2.25. The summed E-state index contributed by atoms with van der Waals surface area (Å²) in [5.41, 5.74) is 5.70. The van der Waals surface area contributed by atoms with Crippen LogP contribution < -0.4 is 11.1 Å². The number of hydrogen-bond acceptors (Lipinski definition) is 3. The first-order valence-electron chi connectivity index (χ1n) is 6.87. The summed E-state index contributed by atoms with van der Waals surface area (Å²) in [5.74, 6) is 1.10. The first-order valence-corrected chi connectivity index (χ1v) is 6.87. The van der Waals surface area contributed by atoms with Crippen molar-refractivity contribution in [3.8, 4) is 0 Å². The third-order valence-corrected chi connectivity index (χ3v) is 3.44. The lowest BCUT2D eigenvalue weighted by molar-refractivity contribution is -0.121. The van der Waals surface area contributed by atoms with E-state index in [1.807, 2.05) is 17.8 Å². The van der Waals surface area contributed by atoms with E-state index in [4.69, 9.17) is 5.73 Å². The number of carbonyl (C=O) groups is 1. The van der Waals surface area contributed by atoms with Crippen LogP contribution in [-0.4, -0.2) is 28.5 Å². The molecular formula is C14H26N4O. The Balaban J connectivity index is 2.20. The van der Waals surface area contributed by atoms with Crippen LogP contribution in [0.2, 0.25) is 0 Å². The van der Waals surface area contributed by atoms with Gasteiger partial charge in [0, 0.05) is 38.8 Å². The lowest BCUT2D eigenvalue weighted by Gasteiger charge is -2.23. The van der Waals surface area contributed by atoms with E-state index in [1.54, 1.807) is 6.20 Å². The maximum atomic E-state index is 11.7. The largest absolute Gasteiger partial charge is 0.356 e. The molecule has 0 atom stereocenters. The summed E-state index contributed by atoms with van der Waals surface area (Å²) in [6, 6.07) is 0. The Morgan fingerprint density at radius 1 is 1.47 bits per heavy atom. The zero-order valence-electron chi connectivity index (χ0n) is 12.3. The molecule has 0 aliphatic rings. The van der Waals surface area contributed by atoms with Gasteiger partial charge in [-0.25, -0.2) is 4.98 Å². The van der Waals surface area contributed by atoms with Crippen LogP contribution in [0.4, 0.5) is 0 Å². The molecule has 5 heteroatoms. The van der Waals surface area contributed by atoms with Crippen LogP contribution in [0.25, 0.3) is 0 Å². The van der Waals surface area contributed by atoms with E-state index in [0.29, 0.717) is 19.5 Å². The zero-order valence-corrected chi connectivity index (χ0v) is 12.3. The number of nitrogens with two attached hydrogens (primary N) is 1. The summed E-state index contributed by atoms with van der Waals surface area (Å²) in [6.07, 6.45) is 6.83. The Morgan fingerprint density at radius 3 is 2.79 bits per heavy atom.